The van der Waals surface area contributed by atoms with E-state index in [1.165, 1.54) is 12.7 Å². The molecule has 0 saturated heterocycles. The van der Waals surface area contributed by atoms with Crippen LogP contribution < -0.4 is 15.0 Å². The number of aromatic nitrogens is 1. The molecule has 2 aromatic carbocycles. The number of nitrogens with zero attached hydrogens (tertiary/aromatic N) is 2. The van der Waals surface area contributed by atoms with Crippen LogP contribution in [-0.4, -0.2) is 25.0 Å². The predicted octanol–water partition coefficient (Wildman–Crippen LogP) is 4.63. The molecule has 0 aliphatic heterocycles. The Morgan fingerprint density at radius 3 is 2.59 bits per heavy atom. The van der Waals surface area contributed by atoms with Crippen molar-refractivity contribution in [1.29, 1.82) is 0 Å². The zero-order valence-electron chi connectivity index (χ0n) is 15.1. The van der Waals surface area contributed by atoms with E-state index in [9.17, 15) is 4.79 Å². The number of methoxy groups -OCH3 is 1. The van der Waals surface area contributed by atoms with Gasteiger partial charge in [0.05, 0.1) is 18.4 Å². The maximum absolute atomic E-state index is 12.5. The van der Waals surface area contributed by atoms with E-state index in [-0.39, 0.29) is 5.91 Å². The van der Waals surface area contributed by atoms with Crippen LogP contribution in [0.4, 0.5) is 11.5 Å². The Labute approximate surface area is 163 Å². The van der Waals surface area contributed by atoms with E-state index in [2.05, 4.69) is 22.4 Å². The first kappa shape index (κ1) is 18.7. The molecule has 0 aliphatic carbocycles. The van der Waals surface area contributed by atoms with Crippen LogP contribution in [0, 0.1) is 0 Å². The van der Waals surface area contributed by atoms with Crippen LogP contribution in [0.5, 0.6) is 5.75 Å². The maximum Gasteiger partial charge on any atom is 0.257 e. The summed E-state index contributed by atoms with van der Waals surface area (Å²) >= 11 is 6.00. The van der Waals surface area contributed by atoms with Crippen LogP contribution in [0.1, 0.15) is 15.9 Å². The van der Waals surface area contributed by atoms with Gasteiger partial charge in [0.15, 0.2) is 0 Å². The van der Waals surface area contributed by atoms with Gasteiger partial charge in [-0.05, 0) is 35.9 Å². The van der Waals surface area contributed by atoms with Gasteiger partial charge in [0.1, 0.15) is 11.6 Å². The Kier molecular flexibility index (Phi) is 5.94. The first-order valence-corrected chi connectivity index (χ1v) is 8.80. The van der Waals surface area contributed by atoms with Crippen molar-refractivity contribution in [3.63, 3.8) is 0 Å². The lowest BCUT2D eigenvalue weighted by molar-refractivity contribution is 0.102. The summed E-state index contributed by atoms with van der Waals surface area (Å²) in [4.78, 5) is 18.9. The smallest absolute Gasteiger partial charge is 0.257 e. The van der Waals surface area contributed by atoms with Gasteiger partial charge in [0.25, 0.3) is 5.91 Å². The number of rotatable bonds is 6. The van der Waals surface area contributed by atoms with Crippen LogP contribution in [0.3, 0.4) is 0 Å². The minimum Gasteiger partial charge on any atom is -0.495 e. The number of benzene rings is 2. The zero-order valence-corrected chi connectivity index (χ0v) is 15.9. The number of halogens is 1. The molecule has 0 bridgehead atoms. The van der Waals surface area contributed by atoms with Gasteiger partial charge in [-0.2, -0.15) is 0 Å². The van der Waals surface area contributed by atoms with Crippen molar-refractivity contribution < 1.29 is 9.53 Å². The summed E-state index contributed by atoms with van der Waals surface area (Å²) in [7, 11) is 3.50. The standard InChI is InChI=1S/C21H20ClN3O2/c1-25(14-15-6-4-3-5-7-15)20-11-8-16(13-23-20)21(26)24-18-12-17(22)9-10-19(18)27-2/h3-13H,14H2,1-2H3,(H,24,26). The van der Waals surface area contributed by atoms with Gasteiger partial charge in [-0.1, -0.05) is 41.9 Å². The SMILES string of the molecule is COc1ccc(Cl)cc1NC(=O)c1ccc(N(C)Cc2ccccc2)nc1. The third kappa shape index (κ3) is 4.77. The van der Waals surface area contributed by atoms with Crippen molar-refractivity contribution in [3.8, 4) is 5.75 Å². The van der Waals surface area contributed by atoms with Gasteiger partial charge in [0, 0.05) is 24.8 Å². The van der Waals surface area contributed by atoms with E-state index in [4.69, 9.17) is 16.3 Å². The molecule has 27 heavy (non-hydrogen) atoms. The Bertz CT molecular complexity index is 914. The number of carbonyl (C=O) groups is 1. The molecule has 6 heteroatoms. The molecule has 0 unspecified atom stereocenters. The molecule has 1 heterocycles. The lowest BCUT2D eigenvalue weighted by Crippen LogP contribution is -2.18. The Balaban J connectivity index is 1.69. The summed E-state index contributed by atoms with van der Waals surface area (Å²) in [5.74, 6) is 1.05. The highest BCUT2D eigenvalue weighted by molar-refractivity contribution is 6.31. The molecule has 0 saturated carbocycles. The number of pyridine rings is 1. The molecule has 3 rings (SSSR count). The lowest BCUT2D eigenvalue weighted by Gasteiger charge is -2.18. The summed E-state index contributed by atoms with van der Waals surface area (Å²) in [5, 5.41) is 3.32. The van der Waals surface area contributed by atoms with E-state index in [0.29, 0.717) is 22.0 Å². The number of amides is 1. The predicted molar refractivity (Wildman–Crippen MR) is 109 cm³/mol. The summed E-state index contributed by atoms with van der Waals surface area (Å²) in [6.07, 6.45) is 1.56. The molecule has 3 aromatic rings. The Morgan fingerprint density at radius 2 is 1.93 bits per heavy atom. The normalized spacial score (nSPS) is 10.3. The molecule has 0 fully saturated rings. The van der Waals surface area contributed by atoms with Crippen molar-refractivity contribution in [2.45, 2.75) is 6.54 Å². The fourth-order valence-electron chi connectivity index (χ4n) is 2.66. The number of anilines is 2. The van der Waals surface area contributed by atoms with Gasteiger partial charge >= 0.3 is 0 Å². The third-order valence-corrected chi connectivity index (χ3v) is 4.31. The van der Waals surface area contributed by atoms with Crippen LogP contribution in [0.25, 0.3) is 0 Å². The highest BCUT2D eigenvalue weighted by Crippen LogP contribution is 2.28. The summed E-state index contributed by atoms with van der Waals surface area (Å²) in [5.41, 5.74) is 2.16. The van der Waals surface area contributed by atoms with Crippen molar-refractivity contribution in [1.82, 2.24) is 4.98 Å². The molecule has 5 nitrogen and oxygen atoms in total. The Morgan fingerprint density at radius 1 is 1.15 bits per heavy atom. The second-order valence-corrected chi connectivity index (χ2v) is 6.48. The van der Waals surface area contributed by atoms with E-state index >= 15 is 0 Å². The van der Waals surface area contributed by atoms with Gasteiger partial charge in [-0.25, -0.2) is 4.98 Å². The highest BCUT2D eigenvalue weighted by Gasteiger charge is 2.12. The molecule has 1 N–H and O–H groups in total. The van der Waals surface area contributed by atoms with E-state index in [1.807, 2.05) is 36.2 Å². The number of hydrogen-bond donors (Lipinski definition) is 1. The molecule has 0 radical (unpaired) electrons. The molecule has 138 valence electrons. The van der Waals surface area contributed by atoms with Crippen molar-refractivity contribution in [2.24, 2.45) is 0 Å². The molecule has 0 spiro atoms. The van der Waals surface area contributed by atoms with Gasteiger partial charge in [-0.15, -0.1) is 0 Å². The van der Waals surface area contributed by atoms with Gasteiger partial charge < -0.3 is 15.0 Å². The van der Waals surface area contributed by atoms with Gasteiger partial charge in [-0.3, -0.25) is 4.79 Å². The first-order valence-electron chi connectivity index (χ1n) is 8.43. The van der Waals surface area contributed by atoms with Gasteiger partial charge in [0.2, 0.25) is 0 Å². The van der Waals surface area contributed by atoms with Crippen molar-refractivity contribution in [2.75, 3.05) is 24.4 Å². The fourth-order valence-corrected chi connectivity index (χ4v) is 2.83. The second kappa shape index (κ2) is 8.56. The second-order valence-electron chi connectivity index (χ2n) is 6.05. The minimum atomic E-state index is -0.277. The topological polar surface area (TPSA) is 54.5 Å². The maximum atomic E-state index is 12.5. The Hall–Kier alpha value is -3.05. The average molecular weight is 382 g/mol. The van der Waals surface area contributed by atoms with Crippen molar-refractivity contribution in [3.05, 3.63) is 83.0 Å². The monoisotopic (exact) mass is 381 g/mol. The number of nitrogens with one attached hydrogen (secondary N) is 1. The molecule has 1 amide bonds. The number of carbonyl (C=O) groups excluding carboxylic acids is 1. The highest BCUT2D eigenvalue weighted by atomic mass is 35.5. The molecule has 0 atom stereocenters. The van der Waals surface area contributed by atoms with Crippen LogP contribution in [-0.2, 0) is 6.54 Å². The summed E-state index contributed by atoms with van der Waals surface area (Å²) in [6, 6.07) is 18.8. The first-order chi connectivity index (χ1) is 13.1. The van der Waals surface area contributed by atoms with Crippen LogP contribution >= 0.6 is 11.6 Å². The molecule has 1 aromatic heterocycles. The average Bonchev–Trinajstić information content (AvgIpc) is 2.69. The van der Waals surface area contributed by atoms with E-state index in [1.54, 1.807) is 30.5 Å². The van der Waals surface area contributed by atoms with Crippen LogP contribution in [0.2, 0.25) is 5.02 Å². The van der Waals surface area contributed by atoms with E-state index in [0.717, 1.165) is 12.4 Å². The zero-order chi connectivity index (χ0) is 19.2. The minimum absolute atomic E-state index is 0.277. The lowest BCUT2D eigenvalue weighted by atomic mass is 10.2. The summed E-state index contributed by atoms with van der Waals surface area (Å²) in [6.45, 7) is 0.735. The molecule has 0 aliphatic rings. The van der Waals surface area contributed by atoms with Crippen LogP contribution in [0.15, 0.2) is 66.9 Å². The fraction of sp³-hybridized carbons (Fsp3) is 0.143. The largest absolute Gasteiger partial charge is 0.495 e. The third-order valence-electron chi connectivity index (χ3n) is 4.07. The van der Waals surface area contributed by atoms with E-state index < -0.39 is 0 Å². The summed E-state index contributed by atoms with van der Waals surface area (Å²) < 4.78 is 5.25. The number of hydrogen-bond acceptors (Lipinski definition) is 4. The van der Waals surface area contributed by atoms with Crippen molar-refractivity contribution >= 4 is 29.0 Å². The quantitative estimate of drug-likeness (QED) is 0.676. The number of ether oxygens (including phenoxy) is 1. The molecular formula is C21H20ClN3O2. The molecular weight excluding hydrogens is 362 g/mol.